The van der Waals surface area contributed by atoms with E-state index in [9.17, 15) is 0 Å². The second-order valence-electron chi connectivity index (χ2n) is 4.75. The van der Waals surface area contributed by atoms with E-state index in [-0.39, 0.29) is 5.11 Å². The van der Waals surface area contributed by atoms with E-state index in [0.29, 0.717) is 18.1 Å². The predicted molar refractivity (Wildman–Crippen MR) is 97.8 cm³/mol. The summed E-state index contributed by atoms with van der Waals surface area (Å²) >= 11 is 4.70. The minimum atomic E-state index is 0.111. The Morgan fingerprint density at radius 1 is 1.12 bits per heavy atom. The van der Waals surface area contributed by atoms with E-state index in [2.05, 4.69) is 10.5 Å². The van der Waals surface area contributed by atoms with Gasteiger partial charge in [0.25, 0.3) is 0 Å². The molecular formula is C17H19N3O3S. The SMILES string of the molecule is COc1ccc(C=NNC(N)=S)cc1COc1ccccc1OC. The zero-order valence-electron chi connectivity index (χ0n) is 13.5. The van der Waals surface area contributed by atoms with Crippen LogP contribution in [0.5, 0.6) is 17.2 Å². The average Bonchev–Trinajstić information content (AvgIpc) is 2.60. The highest BCUT2D eigenvalue weighted by molar-refractivity contribution is 7.80. The molecule has 0 aliphatic heterocycles. The summed E-state index contributed by atoms with van der Waals surface area (Å²) in [7, 11) is 3.22. The van der Waals surface area contributed by atoms with E-state index in [1.165, 1.54) is 0 Å². The van der Waals surface area contributed by atoms with Gasteiger partial charge in [0.1, 0.15) is 12.4 Å². The van der Waals surface area contributed by atoms with Crippen molar-refractivity contribution in [2.45, 2.75) is 6.61 Å². The van der Waals surface area contributed by atoms with Crippen molar-refractivity contribution in [2.75, 3.05) is 14.2 Å². The highest BCUT2D eigenvalue weighted by atomic mass is 32.1. The summed E-state index contributed by atoms with van der Waals surface area (Å²) in [5.41, 5.74) is 9.58. The molecule has 0 atom stereocenters. The van der Waals surface area contributed by atoms with Gasteiger partial charge in [-0.15, -0.1) is 0 Å². The van der Waals surface area contributed by atoms with Gasteiger partial charge in [0.2, 0.25) is 0 Å². The van der Waals surface area contributed by atoms with Crippen molar-refractivity contribution < 1.29 is 14.2 Å². The van der Waals surface area contributed by atoms with Crippen molar-refractivity contribution in [3.05, 3.63) is 53.6 Å². The number of thiocarbonyl (C=S) groups is 1. The second kappa shape index (κ2) is 8.73. The smallest absolute Gasteiger partial charge is 0.184 e. The maximum Gasteiger partial charge on any atom is 0.184 e. The average molecular weight is 345 g/mol. The number of hydrazone groups is 1. The van der Waals surface area contributed by atoms with Crippen LogP contribution >= 0.6 is 12.2 Å². The number of hydrogen-bond donors (Lipinski definition) is 2. The van der Waals surface area contributed by atoms with E-state index < -0.39 is 0 Å². The largest absolute Gasteiger partial charge is 0.496 e. The minimum Gasteiger partial charge on any atom is -0.496 e. The zero-order valence-corrected chi connectivity index (χ0v) is 14.3. The molecule has 0 saturated carbocycles. The topological polar surface area (TPSA) is 78.1 Å². The lowest BCUT2D eigenvalue weighted by Gasteiger charge is -2.13. The van der Waals surface area contributed by atoms with Crippen LogP contribution < -0.4 is 25.4 Å². The van der Waals surface area contributed by atoms with E-state index in [4.69, 9.17) is 32.2 Å². The first-order chi connectivity index (χ1) is 11.6. The van der Waals surface area contributed by atoms with Gasteiger partial charge in [-0.25, -0.2) is 0 Å². The molecular weight excluding hydrogens is 326 g/mol. The van der Waals surface area contributed by atoms with Crippen LogP contribution in [0.15, 0.2) is 47.6 Å². The number of nitrogens with two attached hydrogens (primary N) is 1. The van der Waals surface area contributed by atoms with E-state index >= 15 is 0 Å². The highest BCUT2D eigenvalue weighted by Crippen LogP contribution is 2.28. The van der Waals surface area contributed by atoms with Gasteiger partial charge >= 0.3 is 0 Å². The molecule has 2 aromatic carbocycles. The van der Waals surface area contributed by atoms with Gasteiger partial charge in [0, 0.05) is 5.56 Å². The Morgan fingerprint density at radius 3 is 2.50 bits per heavy atom. The van der Waals surface area contributed by atoms with Crippen LogP contribution in [0.2, 0.25) is 0 Å². The van der Waals surface area contributed by atoms with Crippen molar-refractivity contribution in [2.24, 2.45) is 10.8 Å². The third kappa shape index (κ3) is 4.85. The van der Waals surface area contributed by atoms with Gasteiger partial charge in [-0.3, -0.25) is 5.43 Å². The van der Waals surface area contributed by atoms with Crippen molar-refractivity contribution in [1.29, 1.82) is 0 Å². The van der Waals surface area contributed by atoms with Crippen LogP contribution in [0.4, 0.5) is 0 Å². The van der Waals surface area contributed by atoms with Crippen LogP contribution in [0.1, 0.15) is 11.1 Å². The number of nitrogens with one attached hydrogen (secondary N) is 1. The molecule has 0 bridgehead atoms. The number of rotatable bonds is 7. The first-order valence-corrected chi connectivity index (χ1v) is 7.56. The van der Waals surface area contributed by atoms with Crippen molar-refractivity contribution in [3.63, 3.8) is 0 Å². The fraction of sp³-hybridized carbons (Fsp3) is 0.176. The van der Waals surface area contributed by atoms with Crippen LogP contribution in [-0.4, -0.2) is 25.5 Å². The molecule has 0 aliphatic rings. The van der Waals surface area contributed by atoms with Crippen LogP contribution in [-0.2, 0) is 6.61 Å². The summed E-state index contributed by atoms with van der Waals surface area (Å²) in [5, 5.41) is 4.05. The zero-order chi connectivity index (χ0) is 17.4. The molecule has 2 aromatic rings. The summed E-state index contributed by atoms with van der Waals surface area (Å²) in [6.45, 7) is 0.327. The Labute approximate surface area is 146 Å². The molecule has 6 nitrogen and oxygen atoms in total. The molecule has 0 aromatic heterocycles. The summed E-state index contributed by atoms with van der Waals surface area (Å²) in [4.78, 5) is 0. The second-order valence-corrected chi connectivity index (χ2v) is 5.18. The number of methoxy groups -OCH3 is 2. The first-order valence-electron chi connectivity index (χ1n) is 7.15. The number of benzene rings is 2. The molecule has 0 spiro atoms. The molecule has 24 heavy (non-hydrogen) atoms. The fourth-order valence-electron chi connectivity index (χ4n) is 2.06. The number of nitrogens with zero attached hydrogens (tertiary/aromatic N) is 1. The Bertz CT molecular complexity index is 735. The van der Waals surface area contributed by atoms with Gasteiger partial charge in [0.05, 0.1) is 20.4 Å². The van der Waals surface area contributed by atoms with Crippen LogP contribution in [0.3, 0.4) is 0 Å². The Balaban J connectivity index is 2.15. The van der Waals surface area contributed by atoms with Crippen molar-refractivity contribution in [1.82, 2.24) is 5.43 Å². The van der Waals surface area contributed by atoms with Gasteiger partial charge in [-0.1, -0.05) is 12.1 Å². The molecule has 2 rings (SSSR count). The molecule has 0 radical (unpaired) electrons. The van der Waals surface area contributed by atoms with Crippen molar-refractivity contribution in [3.8, 4) is 17.2 Å². The standard InChI is InChI=1S/C17H19N3O3S/c1-21-14-8-7-12(10-19-20-17(18)24)9-13(14)11-23-16-6-4-3-5-15(16)22-2/h3-10H,11H2,1-2H3,(H3,18,20,24). The molecule has 0 unspecified atom stereocenters. The quantitative estimate of drug-likeness (QED) is 0.456. The highest BCUT2D eigenvalue weighted by Gasteiger charge is 2.08. The van der Waals surface area contributed by atoms with Gasteiger partial charge < -0.3 is 19.9 Å². The van der Waals surface area contributed by atoms with E-state index in [1.54, 1.807) is 20.4 Å². The third-order valence-electron chi connectivity index (χ3n) is 3.15. The Morgan fingerprint density at radius 2 is 1.83 bits per heavy atom. The number of hydrogen-bond acceptors (Lipinski definition) is 5. The molecule has 7 heteroatoms. The lowest BCUT2D eigenvalue weighted by Crippen LogP contribution is -2.24. The van der Waals surface area contributed by atoms with E-state index in [1.807, 2.05) is 42.5 Å². The molecule has 0 heterocycles. The Kier molecular flexibility index (Phi) is 6.39. The lowest BCUT2D eigenvalue weighted by molar-refractivity contribution is 0.278. The molecule has 126 valence electrons. The van der Waals surface area contributed by atoms with Crippen molar-refractivity contribution >= 4 is 23.5 Å². The van der Waals surface area contributed by atoms with E-state index in [0.717, 1.165) is 16.9 Å². The monoisotopic (exact) mass is 345 g/mol. The number of ether oxygens (including phenoxy) is 3. The molecule has 0 saturated heterocycles. The van der Waals surface area contributed by atoms with Crippen LogP contribution in [0, 0.1) is 0 Å². The lowest BCUT2D eigenvalue weighted by atomic mass is 10.1. The van der Waals surface area contributed by atoms with Gasteiger partial charge in [0.15, 0.2) is 16.6 Å². The van der Waals surface area contributed by atoms with Gasteiger partial charge in [-0.2, -0.15) is 5.10 Å². The summed E-state index contributed by atoms with van der Waals surface area (Å²) in [6.07, 6.45) is 1.62. The van der Waals surface area contributed by atoms with Crippen LogP contribution in [0.25, 0.3) is 0 Å². The number of para-hydroxylation sites is 2. The minimum absolute atomic E-state index is 0.111. The maximum absolute atomic E-state index is 5.85. The molecule has 0 amide bonds. The maximum atomic E-state index is 5.85. The molecule has 3 N–H and O–H groups in total. The third-order valence-corrected chi connectivity index (χ3v) is 3.24. The summed E-state index contributed by atoms with van der Waals surface area (Å²) < 4.78 is 16.5. The Hall–Kier alpha value is -2.80. The summed E-state index contributed by atoms with van der Waals surface area (Å²) in [5.74, 6) is 2.07. The summed E-state index contributed by atoms with van der Waals surface area (Å²) in [6, 6.07) is 13.1. The normalized spacial score (nSPS) is 10.4. The molecule has 0 aliphatic carbocycles. The van der Waals surface area contributed by atoms with Gasteiger partial charge in [-0.05, 0) is 48.1 Å². The molecule has 0 fully saturated rings. The first kappa shape index (κ1) is 17.6. The fourth-order valence-corrected chi connectivity index (χ4v) is 2.11. The predicted octanol–water partition coefficient (Wildman–Crippen LogP) is 2.45.